The molecule has 2 nitrogen and oxygen atoms in total. The second-order valence-electron chi connectivity index (χ2n) is 7.21. The molecule has 106 valence electrons. The van der Waals surface area contributed by atoms with Gasteiger partial charge in [0.05, 0.1) is 18.8 Å². The van der Waals surface area contributed by atoms with E-state index in [2.05, 4.69) is 26.5 Å². The Morgan fingerprint density at radius 1 is 1.47 bits per heavy atom. The third-order valence-corrected chi connectivity index (χ3v) is 6.01. The summed E-state index contributed by atoms with van der Waals surface area (Å²) in [6.45, 7) is 8.94. The number of rotatable bonds is 2. The number of aliphatic hydroxyl groups is 1. The molecular formula is C17H26O2. The van der Waals surface area contributed by atoms with Crippen molar-refractivity contribution in [2.45, 2.75) is 58.2 Å². The Morgan fingerprint density at radius 2 is 2.26 bits per heavy atom. The van der Waals surface area contributed by atoms with Gasteiger partial charge in [-0.15, -0.1) is 6.58 Å². The van der Waals surface area contributed by atoms with Crippen LogP contribution in [0.4, 0.5) is 0 Å². The van der Waals surface area contributed by atoms with E-state index >= 15 is 0 Å². The molecule has 3 rings (SSSR count). The summed E-state index contributed by atoms with van der Waals surface area (Å²) in [7, 11) is 0. The molecule has 2 heteroatoms. The molecule has 0 spiro atoms. The van der Waals surface area contributed by atoms with Crippen molar-refractivity contribution in [2.24, 2.45) is 16.7 Å². The van der Waals surface area contributed by atoms with Gasteiger partial charge in [0, 0.05) is 5.41 Å². The molecule has 1 heterocycles. The van der Waals surface area contributed by atoms with Gasteiger partial charge in [-0.05, 0) is 49.0 Å². The van der Waals surface area contributed by atoms with E-state index in [4.69, 9.17) is 4.74 Å². The van der Waals surface area contributed by atoms with Crippen LogP contribution in [0.15, 0.2) is 24.3 Å². The summed E-state index contributed by atoms with van der Waals surface area (Å²) in [5.74, 6) is 0.680. The van der Waals surface area contributed by atoms with E-state index in [1.165, 1.54) is 18.4 Å². The van der Waals surface area contributed by atoms with Crippen LogP contribution in [-0.4, -0.2) is 23.9 Å². The van der Waals surface area contributed by atoms with Gasteiger partial charge in [0.1, 0.15) is 0 Å². The molecule has 1 saturated carbocycles. The zero-order valence-electron chi connectivity index (χ0n) is 12.2. The Balaban J connectivity index is 1.93. The number of hydrogen-bond acceptors (Lipinski definition) is 2. The highest BCUT2D eigenvalue weighted by Gasteiger charge is 2.57. The molecule has 1 saturated heterocycles. The van der Waals surface area contributed by atoms with Crippen LogP contribution in [0.1, 0.15) is 46.0 Å². The standard InChI is InChI=1S/C17H26O2/c1-4-13-10-17(3)14-6-5-12(11-18)9-16(14,2)8-7-15(17)19-13/h4,9,13-15,18H,1,5-8,10-11H2,2-3H3/t13-,14-,15+,16-,17+/m1/s1. The van der Waals surface area contributed by atoms with Crippen molar-refractivity contribution >= 4 is 0 Å². The molecule has 0 unspecified atom stereocenters. The molecule has 0 aromatic heterocycles. The fourth-order valence-corrected chi connectivity index (χ4v) is 5.08. The summed E-state index contributed by atoms with van der Waals surface area (Å²) >= 11 is 0. The normalized spacial score (nSPS) is 49.2. The van der Waals surface area contributed by atoms with Crippen molar-refractivity contribution in [3.05, 3.63) is 24.3 Å². The summed E-state index contributed by atoms with van der Waals surface area (Å²) in [5.41, 5.74) is 1.77. The van der Waals surface area contributed by atoms with E-state index in [0.29, 0.717) is 12.0 Å². The van der Waals surface area contributed by atoms with Gasteiger partial charge in [0.15, 0.2) is 0 Å². The van der Waals surface area contributed by atoms with Gasteiger partial charge in [-0.1, -0.05) is 26.0 Å². The van der Waals surface area contributed by atoms with Crippen molar-refractivity contribution in [1.29, 1.82) is 0 Å². The third kappa shape index (κ3) is 1.92. The van der Waals surface area contributed by atoms with Gasteiger partial charge >= 0.3 is 0 Å². The maximum absolute atomic E-state index is 9.42. The topological polar surface area (TPSA) is 29.5 Å². The fourth-order valence-electron chi connectivity index (χ4n) is 5.08. The van der Waals surface area contributed by atoms with E-state index in [-0.39, 0.29) is 23.5 Å². The Bertz CT molecular complexity index is 413. The Morgan fingerprint density at radius 3 is 2.95 bits per heavy atom. The lowest BCUT2D eigenvalue weighted by Crippen LogP contribution is -2.49. The number of aliphatic hydroxyl groups excluding tert-OH is 1. The molecule has 19 heavy (non-hydrogen) atoms. The number of allylic oxidation sites excluding steroid dienone is 1. The van der Waals surface area contributed by atoms with Crippen LogP contribution in [0.2, 0.25) is 0 Å². The van der Waals surface area contributed by atoms with Crippen LogP contribution in [0.25, 0.3) is 0 Å². The molecule has 0 aromatic carbocycles. The van der Waals surface area contributed by atoms with Crippen molar-refractivity contribution < 1.29 is 9.84 Å². The molecule has 0 aromatic rings. The summed E-state index contributed by atoms with van der Waals surface area (Å²) in [6, 6.07) is 0. The van der Waals surface area contributed by atoms with Crippen LogP contribution in [-0.2, 0) is 4.74 Å². The minimum Gasteiger partial charge on any atom is -0.392 e. The molecule has 0 amide bonds. The predicted octanol–water partition coefficient (Wildman–Crippen LogP) is 3.47. The Hall–Kier alpha value is -0.600. The highest BCUT2D eigenvalue weighted by atomic mass is 16.5. The second-order valence-corrected chi connectivity index (χ2v) is 7.21. The highest BCUT2D eigenvalue weighted by Crippen LogP contribution is 2.61. The predicted molar refractivity (Wildman–Crippen MR) is 76.8 cm³/mol. The lowest BCUT2D eigenvalue weighted by atomic mass is 9.51. The van der Waals surface area contributed by atoms with Gasteiger partial charge in [0.2, 0.25) is 0 Å². The molecule has 1 aliphatic heterocycles. The first kappa shape index (κ1) is 13.4. The summed E-state index contributed by atoms with van der Waals surface area (Å²) in [5, 5.41) is 9.42. The molecular weight excluding hydrogens is 236 g/mol. The van der Waals surface area contributed by atoms with Gasteiger partial charge < -0.3 is 9.84 Å². The summed E-state index contributed by atoms with van der Waals surface area (Å²) in [4.78, 5) is 0. The molecule has 2 fully saturated rings. The van der Waals surface area contributed by atoms with Crippen LogP contribution in [0.5, 0.6) is 0 Å². The fraction of sp³-hybridized carbons (Fsp3) is 0.765. The van der Waals surface area contributed by atoms with Gasteiger partial charge in [-0.2, -0.15) is 0 Å². The SMILES string of the molecule is C=C[C@@H]1C[C@]2(C)[C@H](CC[C@]3(C)C=C(CO)CC[C@@H]23)O1. The minimum absolute atomic E-state index is 0.230. The van der Waals surface area contributed by atoms with E-state index in [1.807, 2.05) is 6.08 Å². The summed E-state index contributed by atoms with van der Waals surface area (Å²) < 4.78 is 6.18. The Labute approximate surface area is 116 Å². The largest absolute Gasteiger partial charge is 0.392 e. The first-order valence-electron chi connectivity index (χ1n) is 7.61. The zero-order valence-corrected chi connectivity index (χ0v) is 12.2. The van der Waals surface area contributed by atoms with E-state index in [0.717, 1.165) is 19.3 Å². The summed E-state index contributed by atoms with van der Waals surface area (Å²) in [6.07, 6.45) is 10.7. The van der Waals surface area contributed by atoms with Gasteiger partial charge in [0.25, 0.3) is 0 Å². The maximum Gasteiger partial charge on any atom is 0.0763 e. The average molecular weight is 262 g/mol. The van der Waals surface area contributed by atoms with Gasteiger partial charge in [-0.3, -0.25) is 0 Å². The lowest BCUT2D eigenvalue weighted by Gasteiger charge is -2.54. The van der Waals surface area contributed by atoms with E-state index in [9.17, 15) is 5.11 Å². The molecule has 5 atom stereocenters. The number of hydrogen-bond donors (Lipinski definition) is 1. The molecule has 3 aliphatic rings. The minimum atomic E-state index is 0.230. The van der Waals surface area contributed by atoms with Crippen LogP contribution < -0.4 is 0 Å². The zero-order chi connectivity index (χ0) is 13.7. The Kier molecular flexibility index (Phi) is 3.14. The van der Waals surface area contributed by atoms with Crippen LogP contribution in [0, 0.1) is 16.7 Å². The lowest BCUT2D eigenvalue weighted by molar-refractivity contribution is -0.0699. The van der Waals surface area contributed by atoms with Crippen molar-refractivity contribution in [1.82, 2.24) is 0 Å². The third-order valence-electron chi connectivity index (χ3n) is 6.01. The molecule has 2 aliphatic carbocycles. The monoisotopic (exact) mass is 262 g/mol. The highest BCUT2D eigenvalue weighted by molar-refractivity contribution is 5.21. The van der Waals surface area contributed by atoms with E-state index < -0.39 is 0 Å². The molecule has 1 N–H and O–H groups in total. The second kappa shape index (κ2) is 4.46. The number of ether oxygens (including phenoxy) is 1. The van der Waals surface area contributed by atoms with Crippen molar-refractivity contribution in [2.75, 3.05) is 6.61 Å². The van der Waals surface area contributed by atoms with Gasteiger partial charge in [-0.25, -0.2) is 0 Å². The van der Waals surface area contributed by atoms with E-state index in [1.54, 1.807) is 0 Å². The quantitative estimate of drug-likeness (QED) is 0.772. The first-order valence-corrected chi connectivity index (χ1v) is 7.61. The molecule has 0 bridgehead atoms. The van der Waals surface area contributed by atoms with Crippen LogP contribution >= 0.6 is 0 Å². The first-order chi connectivity index (χ1) is 9.02. The van der Waals surface area contributed by atoms with Crippen molar-refractivity contribution in [3.8, 4) is 0 Å². The van der Waals surface area contributed by atoms with Crippen LogP contribution in [0.3, 0.4) is 0 Å². The maximum atomic E-state index is 9.42. The molecule has 0 radical (unpaired) electrons. The number of fused-ring (bicyclic) bond motifs is 3. The van der Waals surface area contributed by atoms with Crippen molar-refractivity contribution in [3.63, 3.8) is 0 Å². The smallest absolute Gasteiger partial charge is 0.0763 e. The average Bonchev–Trinajstić information content (AvgIpc) is 2.74.